The summed E-state index contributed by atoms with van der Waals surface area (Å²) in [6.45, 7) is 4.22. The standard InChI is InChI=1S/C15H22N4/c1-11-6-7-14-13(9-11)17-15(16)19(14)10-12-5-3-4-8-18(12)2/h6-7,9,12H,3-5,8,10H2,1-2H3,(H2,16,17). The third-order valence-electron chi connectivity index (χ3n) is 4.25. The van der Waals surface area contributed by atoms with E-state index in [4.69, 9.17) is 5.73 Å². The normalized spacial score (nSPS) is 21.1. The number of aromatic nitrogens is 2. The van der Waals surface area contributed by atoms with Crippen molar-refractivity contribution in [2.45, 2.75) is 38.8 Å². The maximum atomic E-state index is 6.10. The van der Waals surface area contributed by atoms with Gasteiger partial charge >= 0.3 is 0 Å². The van der Waals surface area contributed by atoms with Gasteiger partial charge in [-0.15, -0.1) is 0 Å². The van der Waals surface area contributed by atoms with Crippen LogP contribution in [0.1, 0.15) is 24.8 Å². The van der Waals surface area contributed by atoms with Gasteiger partial charge in [-0.1, -0.05) is 12.5 Å². The molecule has 4 heteroatoms. The number of hydrogen-bond donors (Lipinski definition) is 1. The third-order valence-corrected chi connectivity index (χ3v) is 4.25. The maximum absolute atomic E-state index is 6.10. The van der Waals surface area contributed by atoms with Crippen molar-refractivity contribution in [1.82, 2.24) is 14.5 Å². The summed E-state index contributed by atoms with van der Waals surface area (Å²) < 4.78 is 2.17. The molecule has 1 atom stereocenters. The lowest BCUT2D eigenvalue weighted by Crippen LogP contribution is -2.39. The molecule has 0 radical (unpaired) electrons. The SMILES string of the molecule is Cc1ccc2c(c1)nc(N)n2CC1CCCCN1C. The molecule has 0 saturated carbocycles. The number of nitrogen functional groups attached to an aromatic ring is 1. The number of nitrogens with zero attached hydrogens (tertiary/aromatic N) is 3. The fourth-order valence-corrected chi connectivity index (χ4v) is 3.04. The minimum absolute atomic E-state index is 0.578. The van der Waals surface area contributed by atoms with E-state index in [0.29, 0.717) is 12.0 Å². The van der Waals surface area contributed by atoms with Gasteiger partial charge in [-0.3, -0.25) is 0 Å². The summed E-state index contributed by atoms with van der Waals surface area (Å²) >= 11 is 0. The fraction of sp³-hybridized carbons (Fsp3) is 0.533. The molecule has 1 fully saturated rings. The number of benzene rings is 1. The second kappa shape index (κ2) is 4.85. The minimum Gasteiger partial charge on any atom is -0.369 e. The predicted octanol–water partition coefficient (Wildman–Crippen LogP) is 2.41. The van der Waals surface area contributed by atoms with E-state index in [1.807, 2.05) is 0 Å². The van der Waals surface area contributed by atoms with Crippen molar-refractivity contribution >= 4 is 17.0 Å². The van der Waals surface area contributed by atoms with Crippen LogP contribution < -0.4 is 5.73 Å². The van der Waals surface area contributed by atoms with Crippen molar-refractivity contribution in [2.75, 3.05) is 19.3 Å². The summed E-state index contributed by atoms with van der Waals surface area (Å²) in [5, 5.41) is 0. The van der Waals surface area contributed by atoms with E-state index >= 15 is 0 Å². The molecule has 2 aromatic rings. The molecule has 0 aliphatic carbocycles. The van der Waals surface area contributed by atoms with Gasteiger partial charge in [-0.05, 0) is 51.1 Å². The van der Waals surface area contributed by atoms with E-state index in [-0.39, 0.29) is 0 Å². The molecule has 1 aliphatic heterocycles. The van der Waals surface area contributed by atoms with E-state index < -0.39 is 0 Å². The van der Waals surface area contributed by atoms with E-state index in [9.17, 15) is 0 Å². The van der Waals surface area contributed by atoms with Crippen LogP contribution in [-0.2, 0) is 6.54 Å². The van der Waals surface area contributed by atoms with Crippen LogP contribution in [0.25, 0.3) is 11.0 Å². The Morgan fingerprint density at radius 3 is 3.00 bits per heavy atom. The summed E-state index contributed by atoms with van der Waals surface area (Å²) in [7, 11) is 2.21. The molecule has 0 amide bonds. The minimum atomic E-state index is 0.578. The Morgan fingerprint density at radius 2 is 2.21 bits per heavy atom. The second-order valence-electron chi connectivity index (χ2n) is 5.70. The fourth-order valence-electron chi connectivity index (χ4n) is 3.04. The Balaban J connectivity index is 1.93. The third kappa shape index (κ3) is 2.32. The highest BCUT2D eigenvalue weighted by Crippen LogP contribution is 2.23. The first-order valence-corrected chi connectivity index (χ1v) is 7.08. The number of nitrogens with two attached hydrogens (primary N) is 1. The molecular formula is C15H22N4. The van der Waals surface area contributed by atoms with E-state index in [2.05, 4.69) is 46.6 Å². The number of imidazole rings is 1. The molecule has 102 valence electrons. The molecule has 4 nitrogen and oxygen atoms in total. The Morgan fingerprint density at radius 1 is 1.37 bits per heavy atom. The summed E-state index contributed by atoms with van der Waals surface area (Å²) in [4.78, 5) is 6.93. The molecule has 0 spiro atoms. The first-order valence-electron chi connectivity index (χ1n) is 7.08. The summed E-state index contributed by atoms with van der Waals surface area (Å²) in [6, 6.07) is 6.95. The van der Waals surface area contributed by atoms with Crippen molar-refractivity contribution < 1.29 is 0 Å². The Hall–Kier alpha value is -1.55. The number of hydrogen-bond acceptors (Lipinski definition) is 3. The van der Waals surface area contributed by atoms with Gasteiger partial charge in [0.15, 0.2) is 0 Å². The van der Waals surface area contributed by atoms with Crippen molar-refractivity contribution in [3.63, 3.8) is 0 Å². The number of anilines is 1. The Bertz CT molecular complexity index is 587. The second-order valence-corrected chi connectivity index (χ2v) is 5.70. The monoisotopic (exact) mass is 258 g/mol. The number of likely N-dealkylation sites (tertiary alicyclic amines) is 1. The van der Waals surface area contributed by atoms with Crippen LogP contribution in [0.3, 0.4) is 0 Å². The van der Waals surface area contributed by atoms with E-state index in [1.165, 1.54) is 31.4 Å². The van der Waals surface area contributed by atoms with Gasteiger partial charge in [0.25, 0.3) is 0 Å². The molecular weight excluding hydrogens is 236 g/mol. The van der Waals surface area contributed by atoms with Crippen LogP contribution >= 0.6 is 0 Å². The van der Waals surface area contributed by atoms with Crippen LogP contribution in [0, 0.1) is 6.92 Å². The number of fused-ring (bicyclic) bond motifs is 1. The van der Waals surface area contributed by atoms with Gasteiger partial charge in [0.2, 0.25) is 5.95 Å². The zero-order chi connectivity index (χ0) is 13.4. The highest BCUT2D eigenvalue weighted by molar-refractivity contribution is 5.79. The maximum Gasteiger partial charge on any atom is 0.201 e. The van der Waals surface area contributed by atoms with Crippen molar-refractivity contribution in [2.24, 2.45) is 0 Å². The largest absolute Gasteiger partial charge is 0.369 e. The summed E-state index contributed by atoms with van der Waals surface area (Å²) in [5.74, 6) is 0.638. The van der Waals surface area contributed by atoms with Gasteiger partial charge < -0.3 is 15.2 Å². The highest BCUT2D eigenvalue weighted by Gasteiger charge is 2.21. The molecule has 2 heterocycles. The Labute approximate surface area is 114 Å². The van der Waals surface area contributed by atoms with Crippen LogP contribution in [-0.4, -0.2) is 34.1 Å². The molecule has 1 aromatic carbocycles. The Kier molecular flexibility index (Phi) is 3.19. The van der Waals surface area contributed by atoms with Crippen molar-refractivity contribution in [3.8, 4) is 0 Å². The number of rotatable bonds is 2. The van der Waals surface area contributed by atoms with Crippen molar-refractivity contribution in [1.29, 1.82) is 0 Å². The molecule has 1 unspecified atom stereocenters. The smallest absolute Gasteiger partial charge is 0.201 e. The lowest BCUT2D eigenvalue weighted by Gasteiger charge is -2.32. The molecule has 19 heavy (non-hydrogen) atoms. The van der Waals surface area contributed by atoms with Gasteiger partial charge in [0.05, 0.1) is 11.0 Å². The number of likely N-dealkylation sites (N-methyl/N-ethyl adjacent to an activating group) is 1. The summed E-state index contributed by atoms with van der Waals surface area (Å²) in [5.41, 5.74) is 9.49. The first kappa shape index (κ1) is 12.5. The predicted molar refractivity (Wildman–Crippen MR) is 79.2 cm³/mol. The van der Waals surface area contributed by atoms with Crippen molar-refractivity contribution in [3.05, 3.63) is 23.8 Å². The highest BCUT2D eigenvalue weighted by atomic mass is 15.2. The van der Waals surface area contributed by atoms with Gasteiger partial charge in [-0.25, -0.2) is 4.98 Å². The average molecular weight is 258 g/mol. The first-order chi connectivity index (χ1) is 9.15. The van der Waals surface area contributed by atoms with Crippen LogP contribution in [0.4, 0.5) is 5.95 Å². The lowest BCUT2D eigenvalue weighted by atomic mass is 10.0. The molecule has 2 N–H and O–H groups in total. The quantitative estimate of drug-likeness (QED) is 0.900. The molecule has 1 aliphatic rings. The lowest BCUT2D eigenvalue weighted by molar-refractivity contribution is 0.169. The number of piperidine rings is 1. The molecule has 3 rings (SSSR count). The molecule has 1 aromatic heterocycles. The summed E-state index contributed by atoms with van der Waals surface area (Å²) in [6.07, 6.45) is 3.88. The van der Waals surface area contributed by atoms with Crippen LogP contribution in [0.15, 0.2) is 18.2 Å². The van der Waals surface area contributed by atoms with Gasteiger partial charge in [0.1, 0.15) is 0 Å². The van der Waals surface area contributed by atoms with Gasteiger partial charge in [0, 0.05) is 12.6 Å². The van der Waals surface area contributed by atoms with Gasteiger partial charge in [-0.2, -0.15) is 0 Å². The average Bonchev–Trinajstić information content (AvgIpc) is 2.68. The van der Waals surface area contributed by atoms with E-state index in [0.717, 1.165) is 17.6 Å². The molecule has 0 bridgehead atoms. The van der Waals surface area contributed by atoms with Crippen LogP contribution in [0.5, 0.6) is 0 Å². The molecule has 1 saturated heterocycles. The zero-order valence-electron chi connectivity index (χ0n) is 11.8. The zero-order valence-corrected chi connectivity index (χ0v) is 11.8. The topological polar surface area (TPSA) is 47.1 Å². The van der Waals surface area contributed by atoms with E-state index in [1.54, 1.807) is 0 Å². The van der Waals surface area contributed by atoms with Crippen LogP contribution in [0.2, 0.25) is 0 Å². The number of aryl methyl sites for hydroxylation is 1.